The third-order valence-electron chi connectivity index (χ3n) is 3.48. The number of ketones is 1. The maximum absolute atomic E-state index is 12.2. The van der Waals surface area contributed by atoms with Crippen LogP contribution >= 0.6 is 34.7 Å². The van der Waals surface area contributed by atoms with Gasteiger partial charge in [-0.25, -0.2) is 0 Å². The molecular formula is C19H14ClNO2S2. The van der Waals surface area contributed by atoms with Crippen LogP contribution < -0.4 is 14.8 Å². The van der Waals surface area contributed by atoms with Crippen molar-refractivity contribution in [2.45, 2.75) is 4.90 Å². The molecule has 6 heteroatoms. The first kappa shape index (κ1) is 17.7. The summed E-state index contributed by atoms with van der Waals surface area (Å²) < 4.78 is 1.09. The fourth-order valence-corrected chi connectivity index (χ4v) is 3.61. The molecule has 1 N–H and O–H groups in total. The Morgan fingerprint density at radius 1 is 1.12 bits per heavy atom. The number of nitrogens with one attached hydrogen (secondary N) is 1. The molecule has 0 atom stereocenters. The second-order valence-corrected chi connectivity index (χ2v) is 7.62. The van der Waals surface area contributed by atoms with Crippen molar-refractivity contribution in [2.75, 3.05) is 6.26 Å². The molecule has 3 nitrogen and oxygen atoms in total. The van der Waals surface area contributed by atoms with Gasteiger partial charge in [-0.2, -0.15) is 0 Å². The number of Topliss-reactive ketones (excluding diaryl/α,β-unsaturated/α-hetero) is 1. The van der Waals surface area contributed by atoms with Crippen LogP contribution in [-0.2, 0) is 0 Å². The minimum atomic E-state index is -0.200. The third kappa shape index (κ3) is 4.51. The average Bonchev–Trinajstić information content (AvgIpc) is 2.95. The normalized spacial score (nSPS) is 12.6. The number of thiazole rings is 1. The van der Waals surface area contributed by atoms with E-state index in [0.717, 1.165) is 5.56 Å². The van der Waals surface area contributed by atoms with E-state index in [1.165, 1.54) is 22.3 Å². The summed E-state index contributed by atoms with van der Waals surface area (Å²) in [4.78, 5) is 28.2. The monoisotopic (exact) mass is 387 g/mol. The molecule has 0 unspecified atom stereocenters. The van der Waals surface area contributed by atoms with E-state index < -0.39 is 0 Å². The Kier molecular flexibility index (Phi) is 5.58. The topological polar surface area (TPSA) is 49.9 Å². The fraction of sp³-hybridized carbons (Fsp3) is 0.0526. The van der Waals surface area contributed by atoms with E-state index in [2.05, 4.69) is 4.98 Å². The van der Waals surface area contributed by atoms with Crippen molar-refractivity contribution in [3.63, 3.8) is 0 Å². The van der Waals surface area contributed by atoms with Gasteiger partial charge in [-0.15, -0.1) is 23.1 Å². The lowest BCUT2D eigenvalue weighted by Crippen LogP contribution is -2.19. The second-order valence-electron chi connectivity index (χ2n) is 5.22. The number of H-pyrrole nitrogens is 1. The number of thioether (sulfide) groups is 1. The van der Waals surface area contributed by atoms with Crippen molar-refractivity contribution in [1.29, 1.82) is 0 Å². The Labute approximate surface area is 157 Å². The van der Waals surface area contributed by atoms with Crippen molar-refractivity contribution in [2.24, 2.45) is 0 Å². The molecule has 0 amide bonds. The number of halogens is 1. The molecule has 0 saturated heterocycles. The number of aromatic amines is 1. The summed E-state index contributed by atoms with van der Waals surface area (Å²) in [6.07, 6.45) is 5.27. The van der Waals surface area contributed by atoms with Gasteiger partial charge in [0, 0.05) is 21.6 Å². The number of carbonyl (C=O) groups is 1. The highest BCUT2D eigenvalue weighted by Crippen LogP contribution is 2.15. The number of rotatable bonds is 4. The molecule has 0 fully saturated rings. The van der Waals surface area contributed by atoms with E-state index in [1.807, 2.05) is 36.6 Å². The van der Waals surface area contributed by atoms with Crippen molar-refractivity contribution in [1.82, 2.24) is 4.98 Å². The van der Waals surface area contributed by atoms with Gasteiger partial charge in [0.25, 0.3) is 5.56 Å². The van der Waals surface area contributed by atoms with Crippen molar-refractivity contribution >= 4 is 52.6 Å². The van der Waals surface area contributed by atoms with Crippen LogP contribution in [0.25, 0.3) is 12.2 Å². The number of aromatic nitrogens is 1. The zero-order chi connectivity index (χ0) is 17.8. The number of hydrogen-bond donors (Lipinski definition) is 1. The number of benzene rings is 2. The first-order chi connectivity index (χ1) is 12.0. The van der Waals surface area contributed by atoms with Crippen LogP contribution in [0.4, 0.5) is 0 Å². The van der Waals surface area contributed by atoms with Gasteiger partial charge < -0.3 is 4.98 Å². The van der Waals surface area contributed by atoms with Crippen LogP contribution in [0.2, 0.25) is 5.02 Å². The Morgan fingerprint density at radius 3 is 2.44 bits per heavy atom. The minimum absolute atomic E-state index is 0.176. The molecule has 0 aliphatic heterocycles. The summed E-state index contributed by atoms with van der Waals surface area (Å²) >= 11 is 8.75. The van der Waals surface area contributed by atoms with E-state index in [9.17, 15) is 9.59 Å². The molecule has 0 spiro atoms. The highest BCUT2D eigenvalue weighted by molar-refractivity contribution is 7.98. The predicted molar refractivity (Wildman–Crippen MR) is 106 cm³/mol. The molecular weight excluding hydrogens is 374 g/mol. The lowest BCUT2D eigenvalue weighted by atomic mass is 10.1. The van der Waals surface area contributed by atoms with Crippen molar-refractivity contribution < 1.29 is 4.79 Å². The van der Waals surface area contributed by atoms with Gasteiger partial charge in [0.05, 0.1) is 9.20 Å². The lowest BCUT2D eigenvalue weighted by molar-refractivity contribution is 0.106. The van der Waals surface area contributed by atoms with E-state index in [4.69, 9.17) is 11.6 Å². The van der Waals surface area contributed by atoms with Gasteiger partial charge >= 0.3 is 0 Å². The van der Waals surface area contributed by atoms with Gasteiger partial charge in [-0.05, 0) is 54.3 Å². The summed E-state index contributed by atoms with van der Waals surface area (Å²) in [6.45, 7) is 0. The zero-order valence-electron chi connectivity index (χ0n) is 13.3. The largest absolute Gasteiger partial charge is 0.313 e. The summed E-state index contributed by atoms with van der Waals surface area (Å²) in [5, 5.41) is 0.574. The first-order valence-corrected chi connectivity index (χ1v) is 9.83. The maximum atomic E-state index is 12.2. The predicted octanol–water partition coefficient (Wildman–Crippen LogP) is 3.30. The van der Waals surface area contributed by atoms with Crippen LogP contribution in [-0.4, -0.2) is 17.0 Å². The van der Waals surface area contributed by atoms with E-state index in [0.29, 0.717) is 19.8 Å². The third-order valence-corrected chi connectivity index (χ3v) is 5.44. The van der Waals surface area contributed by atoms with E-state index >= 15 is 0 Å². The molecule has 0 bridgehead atoms. The van der Waals surface area contributed by atoms with Crippen LogP contribution in [0.5, 0.6) is 0 Å². The Balaban J connectivity index is 1.93. The summed E-state index contributed by atoms with van der Waals surface area (Å²) in [5.41, 5.74) is 1.27. The zero-order valence-corrected chi connectivity index (χ0v) is 15.7. The number of carbonyl (C=O) groups excluding carboxylic acids is 1. The van der Waals surface area contributed by atoms with Crippen molar-refractivity contribution in [3.8, 4) is 0 Å². The highest BCUT2D eigenvalue weighted by Gasteiger charge is 2.03. The standard InChI is InChI=1S/C19H14ClNO2S2/c1-24-15-8-2-12(3-9-15)10-17-19(23)21-18(25-17)11-16(22)13-4-6-14(20)7-5-13/h2-11H,1H3,(H,21,23)/b17-10-,18-11-. The highest BCUT2D eigenvalue weighted by atomic mass is 35.5. The molecule has 1 aromatic heterocycles. The van der Waals surface area contributed by atoms with Crippen molar-refractivity contribution in [3.05, 3.63) is 84.2 Å². The molecule has 1 heterocycles. The molecule has 0 aliphatic carbocycles. The first-order valence-electron chi connectivity index (χ1n) is 7.42. The van der Waals surface area contributed by atoms with Crippen LogP contribution in [0.15, 0.2) is 58.2 Å². The molecule has 0 aliphatic rings. The van der Waals surface area contributed by atoms with Gasteiger partial charge in [-0.3, -0.25) is 9.59 Å². The van der Waals surface area contributed by atoms with E-state index in [-0.39, 0.29) is 11.3 Å². The quantitative estimate of drug-likeness (QED) is 0.552. The average molecular weight is 388 g/mol. The van der Waals surface area contributed by atoms with Crippen LogP contribution in [0.3, 0.4) is 0 Å². The Hall–Kier alpha value is -2.08. The summed E-state index contributed by atoms with van der Waals surface area (Å²) in [5.74, 6) is -0.176. The molecule has 3 rings (SSSR count). The summed E-state index contributed by atoms with van der Waals surface area (Å²) in [6, 6.07) is 14.6. The lowest BCUT2D eigenvalue weighted by Gasteiger charge is -1.95. The van der Waals surface area contributed by atoms with Gasteiger partial charge in [0.2, 0.25) is 0 Å². The van der Waals surface area contributed by atoms with Crippen LogP contribution in [0.1, 0.15) is 15.9 Å². The SMILES string of the molecule is CSc1ccc(/C=c2\s/c(=C\C(=O)c3ccc(Cl)cc3)[nH]c2=O)cc1. The van der Waals surface area contributed by atoms with Gasteiger partial charge in [-0.1, -0.05) is 23.7 Å². The number of hydrogen-bond acceptors (Lipinski definition) is 4. The molecule has 0 saturated carbocycles. The Morgan fingerprint density at radius 2 is 1.80 bits per heavy atom. The van der Waals surface area contributed by atoms with Gasteiger partial charge in [0.1, 0.15) is 0 Å². The second kappa shape index (κ2) is 7.87. The Bertz CT molecular complexity index is 1060. The van der Waals surface area contributed by atoms with E-state index in [1.54, 1.807) is 36.0 Å². The molecule has 126 valence electrons. The smallest absolute Gasteiger partial charge is 0.266 e. The van der Waals surface area contributed by atoms with Crippen LogP contribution in [0, 0.1) is 0 Å². The maximum Gasteiger partial charge on any atom is 0.266 e. The molecule has 0 radical (unpaired) electrons. The summed E-state index contributed by atoms with van der Waals surface area (Å²) in [7, 11) is 0. The molecule has 3 aromatic rings. The molecule has 25 heavy (non-hydrogen) atoms. The van der Waals surface area contributed by atoms with Gasteiger partial charge in [0.15, 0.2) is 5.78 Å². The molecule has 2 aromatic carbocycles. The fourth-order valence-electron chi connectivity index (χ4n) is 2.19. The minimum Gasteiger partial charge on any atom is -0.313 e.